The van der Waals surface area contributed by atoms with E-state index in [0.717, 1.165) is 11.1 Å². The fourth-order valence-electron chi connectivity index (χ4n) is 2.31. The molecule has 126 valence electrons. The lowest BCUT2D eigenvalue weighted by Gasteiger charge is -2.16. The predicted octanol–water partition coefficient (Wildman–Crippen LogP) is 3.14. The number of hydrogen-bond acceptors (Lipinski definition) is 5. The molecule has 5 nitrogen and oxygen atoms in total. The molecule has 2 aromatic rings. The lowest BCUT2D eigenvalue weighted by Crippen LogP contribution is -2.24. The summed E-state index contributed by atoms with van der Waals surface area (Å²) in [6.45, 7) is 3.60. The van der Waals surface area contributed by atoms with E-state index >= 15 is 0 Å². The van der Waals surface area contributed by atoms with Gasteiger partial charge in [0.2, 0.25) is 6.10 Å². The molecule has 0 fully saturated rings. The summed E-state index contributed by atoms with van der Waals surface area (Å²) < 4.78 is 15.4. The van der Waals surface area contributed by atoms with E-state index in [0.29, 0.717) is 11.3 Å². The topological polar surface area (TPSA) is 61.8 Å². The van der Waals surface area contributed by atoms with Gasteiger partial charge in [-0.05, 0) is 37.1 Å². The van der Waals surface area contributed by atoms with Crippen LogP contribution in [0.4, 0.5) is 0 Å². The Labute approximate surface area is 141 Å². The SMILES string of the molecule is COC(=O)C(OC(=O)COc1cc(C)cc(C)c1)c1ccccc1. The molecule has 0 aliphatic heterocycles. The summed E-state index contributed by atoms with van der Waals surface area (Å²) in [6, 6.07) is 14.4. The molecule has 2 aromatic carbocycles. The minimum Gasteiger partial charge on any atom is -0.482 e. The van der Waals surface area contributed by atoms with Gasteiger partial charge in [-0.3, -0.25) is 0 Å². The highest BCUT2D eigenvalue weighted by Crippen LogP contribution is 2.20. The lowest BCUT2D eigenvalue weighted by atomic mass is 10.1. The zero-order chi connectivity index (χ0) is 17.5. The van der Waals surface area contributed by atoms with E-state index in [4.69, 9.17) is 14.2 Å². The summed E-state index contributed by atoms with van der Waals surface area (Å²) in [6.07, 6.45) is -1.11. The van der Waals surface area contributed by atoms with Crippen molar-refractivity contribution in [3.05, 3.63) is 65.2 Å². The Morgan fingerprint density at radius 2 is 1.62 bits per heavy atom. The van der Waals surface area contributed by atoms with Crippen molar-refractivity contribution >= 4 is 11.9 Å². The molecule has 0 aromatic heterocycles. The van der Waals surface area contributed by atoms with Crippen LogP contribution in [0, 0.1) is 13.8 Å². The van der Waals surface area contributed by atoms with Crippen LogP contribution in [-0.4, -0.2) is 25.7 Å². The highest BCUT2D eigenvalue weighted by Gasteiger charge is 2.25. The minimum absolute atomic E-state index is 0.288. The zero-order valence-electron chi connectivity index (χ0n) is 13.9. The van der Waals surface area contributed by atoms with E-state index in [1.165, 1.54) is 7.11 Å². The quantitative estimate of drug-likeness (QED) is 0.762. The number of esters is 2. The van der Waals surface area contributed by atoms with Gasteiger partial charge in [0.25, 0.3) is 0 Å². The van der Waals surface area contributed by atoms with Crippen LogP contribution in [0.15, 0.2) is 48.5 Å². The first-order valence-corrected chi connectivity index (χ1v) is 7.53. The summed E-state index contributed by atoms with van der Waals surface area (Å²) in [5.41, 5.74) is 2.62. The maximum absolute atomic E-state index is 12.0. The molecule has 0 saturated heterocycles. The van der Waals surface area contributed by atoms with Crippen LogP contribution in [0.25, 0.3) is 0 Å². The van der Waals surface area contributed by atoms with Crippen molar-refractivity contribution in [1.29, 1.82) is 0 Å². The molecule has 24 heavy (non-hydrogen) atoms. The lowest BCUT2D eigenvalue weighted by molar-refractivity contribution is -0.167. The van der Waals surface area contributed by atoms with Crippen molar-refractivity contribution in [3.8, 4) is 5.75 Å². The Hall–Kier alpha value is -2.82. The largest absolute Gasteiger partial charge is 0.482 e. The van der Waals surface area contributed by atoms with Gasteiger partial charge in [-0.2, -0.15) is 0 Å². The molecule has 0 bridgehead atoms. The average molecular weight is 328 g/mol. The van der Waals surface area contributed by atoms with Crippen LogP contribution in [0.5, 0.6) is 5.75 Å². The summed E-state index contributed by atoms with van der Waals surface area (Å²) in [4.78, 5) is 23.9. The Morgan fingerprint density at radius 1 is 1.00 bits per heavy atom. The van der Waals surface area contributed by atoms with Gasteiger partial charge in [-0.25, -0.2) is 9.59 Å². The second kappa shape index (κ2) is 8.15. The summed E-state index contributed by atoms with van der Waals surface area (Å²) >= 11 is 0. The maximum atomic E-state index is 12.0. The van der Waals surface area contributed by atoms with Crippen LogP contribution in [0.1, 0.15) is 22.8 Å². The number of aryl methyl sites for hydroxylation is 2. The van der Waals surface area contributed by atoms with E-state index in [2.05, 4.69) is 0 Å². The summed E-state index contributed by atoms with van der Waals surface area (Å²) in [5, 5.41) is 0. The molecule has 0 amide bonds. The molecule has 0 aliphatic carbocycles. The fraction of sp³-hybridized carbons (Fsp3) is 0.263. The zero-order valence-corrected chi connectivity index (χ0v) is 13.9. The van der Waals surface area contributed by atoms with Gasteiger partial charge >= 0.3 is 11.9 Å². The normalized spacial score (nSPS) is 11.5. The average Bonchev–Trinajstić information content (AvgIpc) is 2.57. The first-order valence-electron chi connectivity index (χ1n) is 7.53. The van der Waals surface area contributed by atoms with E-state index < -0.39 is 18.0 Å². The van der Waals surface area contributed by atoms with Crippen LogP contribution >= 0.6 is 0 Å². The van der Waals surface area contributed by atoms with Gasteiger partial charge in [-0.15, -0.1) is 0 Å². The van der Waals surface area contributed by atoms with Crippen LogP contribution in [-0.2, 0) is 19.1 Å². The first-order chi connectivity index (χ1) is 11.5. The van der Waals surface area contributed by atoms with Gasteiger partial charge < -0.3 is 14.2 Å². The maximum Gasteiger partial charge on any atom is 0.351 e. The van der Waals surface area contributed by atoms with E-state index in [1.54, 1.807) is 24.3 Å². The smallest absolute Gasteiger partial charge is 0.351 e. The molecule has 1 atom stereocenters. The number of carbonyl (C=O) groups is 2. The van der Waals surface area contributed by atoms with Gasteiger partial charge in [0.05, 0.1) is 7.11 Å². The number of hydrogen-bond donors (Lipinski definition) is 0. The number of benzene rings is 2. The summed E-state index contributed by atoms with van der Waals surface area (Å²) in [7, 11) is 1.25. The van der Waals surface area contributed by atoms with E-state index in [-0.39, 0.29) is 6.61 Å². The molecule has 5 heteroatoms. The van der Waals surface area contributed by atoms with Gasteiger partial charge in [-0.1, -0.05) is 36.4 Å². The molecule has 0 heterocycles. The molecular formula is C19H20O5. The van der Waals surface area contributed by atoms with Gasteiger partial charge in [0.1, 0.15) is 5.75 Å². The highest BCUT2D eigenvalue weighted by atomic mass is 16.6. The summed E-state index contributed by atoms with van der Waals surface area (Å²) in [5.74, 6) is -0.701. The molecule has 0 aliphatic rings. The third-order valence-electron chi connectivity index (χ3n) is 3.32. The fourth-order valence-corrected chi connectivity index (χ4v) is 2.31. The van der Waals surface area contributed by atoms with Crippen molar-refractivity contribution in [2.45, 2.75) is 20.0 Å². The molecule has 0 saturated carbocycles. The third-order valence-corrected chi connectivity index (χ3v) is 3.32. The van der Waals surface area contributed by atoms with Crippen molar-refractivity contribution in [3.63, 3.8) is 0 Å². The van der Waals surface area contributed by atoms with Crippen molar-refractivity contribution in [1.82, 2.24) is 0 Å². The van der Waals surface area contributed by atoms with Crippen molar-refractivity contribution in [2.24, 2.45) is 0 Å². The molecular weight excluding hydrogens is 308 g/mol. The standard InChI is InChI=1S/C19H20O5/c1-13-9-14(2)11-16(10-13)23-12-17(20)24-18(19(21)22-3)15-7-5-4-6-8-15/h4-11,18H,12H2,1-3H3. The number of rotatable bonds is 6. The van der Waals surface area contributed by atoms with Crippen LogP contribution in [0.2, 0.25) is 0 Å². The number of methoxy groups -OCH3 is 1. The Morgan fingerprint density at radius 3 is 2.21 bits per heavy atom. The second-order valence-electron chi connectivity index (χ2n) is 5.42. The number of carbonyl (C=O) groups excluding carboxylic acids is 2. The molecule has 1 unspecified atom stereocenters. The monoisotopic (exact) mass is 328 g/mol. The first kappa shape index (κ1) is 17.5. The Bertz CT molecular complexity index is 689. The Balaban J connectivity index is 2.01. The predicted molar refractivity (Wildman–Crippen MR) is 88.7 cm³/mol. The van der Waals surface area contributed by atoms with Crippen LogP contribution in [0.3, 0.4) is 0 Å². The third kappa shape index (κ3) is 4.84. The molecule has 2 rings (SSSR count). The van der Waals surface area contributed by atoms with Crippen molar-refractivity contribution in [2.75, 3.05) is 13.7 Å². The number of ether oxygens (including phenoxy) is 3. The van der Waals surface area contributed by atoms with E-state index in [1.807, 2.05) is 38.1 Å². The minimum atomic E-state index is -1.11. The van der Waals surface area contributed by atoms with Gasteiger partial charge in [0, 0.05) is 5.56 Å². The van der Waals surface area contributed by atoms with E-state index in [9.17, 15) is 9.59 Å². The van der Waals surface area contributed by atoms with Gasteiger partial charge in [0.15, 0.2) is 6.61 Å². The molecule has 0 radical (unpaired) electrons. The Kier molecular flexibility index (Phi) is 5.95. The van der Waals surface area contributed by atoms with Crippen LogP contribution < -0.4 is 4.74 Å². The van der Waals surface area contributed by atoms with Crippen molar-refractivity contribution < 1.29 is 23.8 Å². The molecule has 0 spiro atoms. The molecule has 0 N–H and O–H groups in total. The highest BCUT2D eigenvalue weighted by molar-refractivity contribution is 5.81. The second-order valence-corrected chi connectivity index (χ2v) is 5.42.